The number of nitrogens with two attached hydrogens (primary N) is 2. The van der Waals surface area contributed by atoms with Crippen molar-refractivity contribution in [2.75, 3.05) is 31.3 Å². The van der Waals surface area contributed by atoms with Gasteiger partial charge in [-0.3, -0.25) is 4.57 Å². The monoisotopic (exact) mass is 570 g/mol. The highest BCUT2D eigenvalue weighted by molar-refractivity contribution is 7.52. The molecule has 0 saturated carbocycles. The molecule has 16 heteroatoms. The van der Waals surface area contributed by atoms with Crippen molar-refractivity contribution in [2.45, 2.75) is 40.8 Å². The van der Waals surface area contributed by atoms with Crippen LogP contribution in [0.3, 0.4) is 0 Å². The van der Waals surface area contributed by atoms with Crippen molar-refractivity contribution in [2.24, 2.45) is 10.8 Å². The summed E-state index contributed by atoms with van der Waals surface area (Å²) < 4.78 is 28.3. The van der Waals surface area contributed by atoms with Gasteiger partial charge in [0.25, 0.3) is 0 Å². The number of fused-ring (bicyclic) bond motifs is 2. The zero-order valence-corrected chi connectivity index (χ0v) is 23.5. The Hall–Kier alpha value is -2.57. The summed E-state index contributed by atoms with van der Waals surface area (Å²) >= 11 is 12.2. The molecular weight excluding hydrogens is 542 g/mol. The first-order valence-corrected chi connectivity index (χ1v) is 14.0. The molecule has 0 unspecified atom stereocenters. The summed E-state index contributed by atoms with van der Waals surface area (Å²) in [5.41, 5.74) is 12.5. The van der Waals surface area contributed by atoms with Crippen molar-refractivity contribution in [3.63, 3.8) is 0 Å². The molecule has 0 atom stereocenters. The Balaban J connectivity index is 1.37. The van der Waals surface area contributed by atoms with Gasteiger partial charge in [-0.1, -0.05) is 50.9 Å². The van der Waals surface area contributed by atoms with Crippen LogP contribution in [0, 0.1) is 10.8 Å². The zero-order chi connectivity index (χ0) is 27.2. The molecule has 0 amide bonds. The molecule has 13 nitrogen and oxygen atoms in total. The topological polar surface area (TPSA) is 175 Å². The Morgan fingerprint density at radius 2 is 1.19 bits per heavy atom. The van der Waals surface area contributed by atoms with Crippen molar-refractivity contribution < 1.29 is 13.6 Å². The third-order valence-electron chi connectivity index (χ3n) is 5.45. The van der Waals surface area contributed by atoms with Gasteiger partial charge in [-0.2, -0.15) is 19.9 Å². The number of imidazole rings is 2. The Kier molecular flexibility index (Phi) is 7.39. The minimum atomic E-state index is -3.38. The third-order valence-corrected chi connectivity index (χ3v) is 7.18. The van der Waals surface area contributed by atoms with Crippen LogP contribution in [0.15, 0.2) is 12.7 Å². The van der Waals surface area contributed by atoms with Crippen LogP contribution in [-0.2, 0) is 26.7 Å². The van der Waals surface area contributed by atoms with Gasteiger partial charge in [0.15, 0.2) is 21.6 Å². The molecule has 0 radical (unpaired) electrons. The quantitative estimate of drug-likeness (QED) is 0.208. The second-order valence-electron chi connectivity index (χ2n) is 10.5. The van der Waals surface area contributed by atoms with Gasteiger partial charge in [0.1, 0.15) is 11.0 Å². The van der Waals surface area contributed by atoms with Crippen molar-refractivity contribution >= 4 is 65.0 Å². The van der Waals surface area contributed by atoms with E-state index >= 15 is 0 Å². The molecule has 4 rings (SSSR count). The first-order valence-electron chi connectivity index (χ1n) is 11.3. The normalized spacial score (nSPS) is 13.2. The van der Waals surface area contributed by atoms with Crippen LogP contribution in [0.1, 0.15) is 27.7 Å². The van der Waals surface area contributed by atoms with E-state index in [0.29, 0.717) is 35.4 Å². The van der Waals surface area contributed by atoms with Crippen LogP contribution < -0.4 is 11.5 Å². The summed E-state index contributed by atoms with van der Waals surface area (Å²) in [7, 11) is -3.38. The highest BCUT2D eigenvalue weighted by Gasteiger charge is 2.30. The molecule has 4 aromatic heterocycles. The standard InChI is InChI=1S/C21H29Cl2N10O3P/c1-20(2,6-32-10-26-12-14(22)28-18(24)30-16(12)32)8-35-37(5,34)36-9-21(3,4)7-33-11-27-13-15(23)29-19(25)31-17(13)33/h10-11H,6-9H2,1-5H3,(H2,24,28,30)(H2,25,29,31). The zero-order valence-electron chi connectivity index (χ0n) is 21.1. The summed E-state index contributed by atoms with van der Waals surface area (Å²) in [6.07, 6.45) is 3.23. The van der Waals surface area contributed by atoms with Gasteiger partial charge in [-0.25, -0.2) is 9.97 Å². The lowest BCUT2D eigenvalue weighted by Crippen LogP contribution is -2.27. The van der Waals surface area contributed by atoms with E-state index in [1.54, 1.807) is 12.7 Å². The van der Waals surface area contributed by atoms with Gasteiger partial charge in [-0.15, -0.1) is 0 Å². The highest BCUT2D eigenvalue weighted by Crippen LogP contribution is 2.47. The molecule has 0 fully saturated rings. The smallest absolute Gasteiger partial charge is 0.327 e. The molecule has 4 N–H and O–H groups in total. The molecular formula is C21H29Cl2N10O3P. The van der Waals surface area contributed by atoms with Gasteiger partial charge in [0, 0.05) is 30.6 Å². The van der Waals surface area contributed by atoms with Crippen LogP contribution in [0.2, 0.25) is 10.3 Å². The maximum Gasteiger partial charge on any atom is 0.327 e. The second kappa shape index (κ2) is 9.95. The number of rotatable bonds is 10. The summed E-state index contributed by atoms with van der Waals surface area (Å²) in [4.78, 5) is 24.9. The molecule has 4 aromatic rings. The predicted molar refractivity (Wildman–Crippen MR) is 142 cm³/mol. The minimum absolute atomic E-state index is 0.0603. The minimum Gasteiger partial charge on any atom is -0.368 e. The molecule has 0 aliphatic rings. The molecule has 0 aliphatic heterocycles. The number of halogens is 2. The van der Waals surface area contributed by atoms with Gasteiger partial charge < -0.3 is 29.6 Å². The molecule has 0 aliphatic carbocycles. The fourth-order valence-electron chi connectivity index (χ4n) is 3.72. The summed E-state index contributed by atoms with van der Waals surface area (Å²) in [6, 6.07) is 0. The Morgan fingerprint density at radius 1 is 0.811 bits per heavy atom. The van der Waals surface area contributed by atoms with E-state index in [1.807, 2.05) is 36.8 Å². The molecule has 0 aromatic carbocycles. The molecule has 4 heterocycles. The summed E-state index contributed by atoms with van der Waals surface area (Å²) in [6.45, 7) is 10.6. The molecule has 0 bridgehead atoms. The number of nitrogen functional groups attached to an aromatic ring is 2. The van der Waals surface area contributed by atoms with Crippen molar-refractivity contribution in [1.82, 2.24) is 39.0 Å². The summed E-state index contributed by atoms with van der Waals surface area (Å²) in [5, 5.41) is 0.374. The second-order valence-corrected chi connectivity index (χ2v) is 13.3. The largest absolute Gasteiger partial charge is 0.368 e. The van der Waals surface area contributed by atoms with Gasteiger partial charge in [0.05, 0.1) is 25.9 Å². The number of anilines is 2. The molecule has 0 spiro atoms. The van der Waals surface area contributed by atoms with Crippen LogP contribution >= 0.6 is 30.8 Å². The lowest BCUT2D eigenvalue weighted by Gasteiger charge is -2.29. The number of aromatic nitrogens is 8. The predicted octanol–water partition coefficient (Wildman–Crippen LogP) is 4.05. The van der Waals surface area contributed by atoms with E-state index in [4.69, 9.17) is 43.7 Å². The average molecular weight is 571 g/mol. The first kappa shape index (κ1) is 27.5. The lowest BCUT2D eigenvalue weighted by molar-refractivity contribution is 0.101. The Labute approximate surface area is 223 Å². The van der Waals surface area contributed by atoms with Crippen molar-refractivity contribution in [3.8, 4) is 0 Å². The number of nitrogens with zero attached hydrogens (tertiary/aromatic N) is 8. The lowest BCUT2D eigenvalue weighted by atomic mass is 9.95. The van der Waals surface area contributed by atoms with Gasteiger partial charge in [-0.05, 0) is 0 Å². The first-order chi connectivity index (χ1) is 17.1. The van der Waals surface area contributed by atoms with E-state index in [2.05, 4.69) is 29.9 Å². The van der Waals surface area contributed by atoms with Crippen LogP contribution in [0.4, 0.5) is 11.9 Å². The van der Waals surface area contributed by atoms with Crippen LogP contribution in [-0.4, -0.2) is 58.9 Å². The summed E-state index contributed by atoms with van der Waals surface area (Å²) in [5.74, 6) is 0.121. The average Bonchev–Trinajstić information content (AvgIpc) is 3.35. The molecule has 200 valence electrons. The van der Waals surface area contributed by atoms with E-state index < -0.39 is 18.4 Å². The number of hydrogen-bond acceptors (Lipinski definition) is 11. The van der Waals surface area contributed by atoms with E-state index in [1.165, 1.54) is 6.66 Å². The van der Waals surface area contributed by atoms with E-state index in [0.717, 1.165) is 0 Å². The van der Waals surface area contributed by atoms with Crippen LogP contribution in [0.5, 0.6) is 0 Å². The van der Waals surface area contributed by atoms with Crippen LogP contribution in [0.25, 0.3) is 22.3 Å². The van der Waals surface area contributed by atoms with Gasteiger partial charge in [0.2, 0.25) is 11.9 Å². The fourth-order valence-corrected chi connectivity index (χ4v) is 5.40. The van der Waals surface area contributed by atoms with E-state index in [-0.39, 0.29) is 35.4 Å². The Morgan fingerprint density at radius 3 is 1.57 bits per heavy atom. The highest BCUT2D eigenvalue weighted by atomic mass is 35.5. The maximum atomic E-state index is 13.1. The molecule has 37 heavy (non-hydrogen) atoms. The fraction of sp³-hybridized carbons (Fsp3) is 0.524. The van der Waals surface area contributed by atoms with Crippen molar-refractivity contribution in [3.05, 3.63) is 23.0 Å². The number of hydrogen-bond donors (Lipinski definition) is 2. The third kappa shape index (κ3) is 6.47. The SMILES string of the molecule is CC(C)(COP(C)(=O)OCC(C)(C)Cn1cnc2c(Cl)nc(N)nc21)Cn1cnc2c(Cl)nc(N)nc21. The maximum absolute atomic E-state index is 13.1. The Bertz CT molecular complexity index is 1400. The van der Waals surface area contributed by atoms with Crippen molar-refractivity contribution in [1.29, 1.82) is 0 Å². The molecule has 0 saturated heterocycles. The van der Waals surface area contributed by atoms with Gasteiger partial charge >= 0.3 is 7.60 Å². The van der Waals surface area contributed by atoms with E-state index in [9.17, 15) is 4.57 Å².